The van der Waals surface area contributed by atoms with E-state index < -0.39 is 4.33 Å². The molecule has 1 spiro atoms. The molecule has 3 heterocycles. The molecule has 0 fully saturated rings. The Labute approximate surface area is 194 Å². The maximum absolute atomic E-state index is 5.23. The van der Waals surface area contributed by atoms with Gasteiger partial charge in [-0.1, -0.05) is 54.6 Å². The van der Waals surface area contributed by atoms with E-state index in [0.29, 0.717) is 0 Å². The normalized spacial score (nSPS) is 20.0. The minimum atomic E-state index is -0.623. The molecule has 152 valence electrons. The van der Waals surface area contributed by atoms with E-state index in [1.54, 1.807) is 0 Å². The zero-order valence-electron chi connectivity index (χ0n) is 17.1. The fourth-order valence-electron chi connectivity index (χ4n) is 4.44. The van der Waals surface area contributed by atoms with Crippen LogP contribution in [0.25, 0.3) is 0 Å². The summed E-state index contributed by atoms with van der Waals surface area (Å²) >= 11 is 3.67. The van der Waals surface area contributed by atoms with Gasteiger partial charge in [0.15, 0.2) is 0 Å². The van der Waals surface area contributed by atoms with Crippen molar-refractivity contribution < 1.29 is 9.39 Å². The van der Waals surface area contributed by atoms with Crippen LogP contribution in [0.2, 0.25) is 0 Å². The summed E-state index contributed by atoms with van der Waals surface area (Å²) < 4.78 is 3.67. The minimum absolute atomic E-state index is 0.623. The van der Waals surface area contributed by atoms with Crippen LogP contribution in [-0.4, -0.2) is 13.7 Å². The third-order valence-electron chi connectivity index (χ3n) is 5.92. The Morgan fingerprint density at radius 2 is 1.34 bits per heavy atom. The zero-order chi connectivity index (χ0) is 21.1. The first-order valence-electron chi connectivity index (χ1n) is 10.6. The Morgan fingerprint density at radius 1 is 0.656 bits per heavy atom. The van der Waals surface area contributed by atoms with Crippen molar-refractivity contribution in [1.82, 2.24) is 0 Å². The monoisotopic (exact) mass is 450 g/mol. The number of hydrogen-bond acceptors (Lipinski definition) is 4. The highest BCUT2D eigenvalue weighted by atomic mass is 32.2. The van der Waals surface area contributed by atoms with Gasteiger partial charge >= 0.3 is 4.33 Å². The Kier molecular flexibility index (Phi) is 3.95. The molecule has 0 saturated carbocycles. The van der Waals surface area contributed by atoms with Gasteiger partial charge in [-0.3, -0.25) is 0 Å². The van der Waals surface area contributed by atoms with Crippen LogP contribution in [0.5, 0.6) is 0 Å². The van der Waals surface area contributed by atoms with Gasteiger partial charge in [0.25, 0.3) is 0 Å². The van der Waals surface area contributed by atoms with E-state index in [2.05, 4.69) is 94.3 Å². The van der Waals surface area contributed by atoms with Gasteiger partial charge in [-0.2, -0.15) is 0 Å². The molecule has 7 rings (SSSR count). The average Bonchev–Trinajstić information content (AvgIpc) is 2.86. The topological polar surface area (TPSA) is 30.7 Å². The summed E-state index contributed by atoms with van der Waals surface area (Å²) in [5, 5.41) is 10.4. The number of hydrogen-bond donors (Lipinski definition) is 0. The zero-order valence-corrected chi connectivity index (χ0v) is 18.7. The molecule has 4 nitrogen and oxygen atoms in total. The third-order valence-corrected chi connectivity index (χ3v) is 8.87. The Bertz CT molecular complexity index is 1450. The summed E-state index contributed by atoms with van der Waals surface area (Å²) in [6.45, 7) is 0. The first-order chi connectivity index (χ1) is 15.8. The molecule has 0 amide bonds. The second kappa shape index (κ2) is 6.89. The smallest absolute Gasteiger partial charge is 0.0618 e. The van der Waals surface area contributed by atoms with Crippen molar-refractivity contribution in [1.29, 1.82) is 0 Å². The largest absolute Gasteiger partial charge is 0.516 e. The van der Waals surface area contributed by atoms with Gasteiger partial charge in [0, 0.05) is 43.9 Å². The minimum Gasteiger partial charge on any atom is -0.0618 e. The van der Waals surface area contributed by atoms with Gasteiger partial charge in [0.1, 0.15) is 11.4 Å². The lowest BCUT2D eigenvalue weighted by molar-refractivity contribution is -0.751. The third kappa shape index (κ3) is 2.66. The Balaban J connectivity index is 1.61. The fraction of sp³-hybridized carbons (Fsp3) is 0.0769. The molecule has 0 radical (unpaired) electrons. The molecule has 4 aromatic rings. The van der Waals surface area contributed by atoms with Gasteiger partial charge in [-0.25, -0.2) is 0 Å². The van der Waals surface area contributed by atoms with Crippen molar-refractivity contribution in [2.24, 2.45) is 10.2 Å². The van der Waals surface area contributed by atoms with Crippen LogP contribution in [0.1, 0.15) is 11.1 Å². The molecule has 32 heavy (non-hydrogen) atoms. The first kappa shape index (κ1) is 18.4. The Morgan fingerprint density at radius 3 is 2.06 bits per heavy atom. The van der Waals surface area contributed by atoms with E-state index >= 15 is 0 Å². The summed E-state index contributed by atoms with van der Waals surface area (Å²) in [4.78, 5) is 2.42. The molecular weight excluding hydrogens is 432 g/mol. The number of para-hydroxylation sites is 2. The number of benzene rings is 4. The van der Waals surface area contributed by atoms with Crippen molar-refractivity contribution in [3.05, 3.63) is 108 Å². The molecule has 4 aromatic carbocycles. The van der Waals surface area contributed by atoms with Gasteiger partial charge in [0.05, 0.1) is 33.3 Å². The average molecular weight is 451 g/mol. The molecule has 3 aliphatic rings. The molecule has 0 N–H and O–H groups in total. The van der Waals surface area contributed by atoms with Crippen LogP contribution >= 0.6 is 23.5 Å². The molecule has 1 atom stereocenters. The summed E-state index contributed by atoms with van der Waals surface area (Å²) in [6, 6.07) is 34.0. The predicted octanol–water partition coefficient (Wildman–Crippen LogP) is 7.97. The van der Waals surface area contributed by atoms with Crippen LogP contribution in [0.15, 0.2) is 117 Å². The molecule has 0 aliphatic carbocycles. The first-order valence-corrected chi connectivity index (χ1v) is 12.2. The number of nitrogens with zero attached hydrogens (tertiary/aromatic N) is 4. The van der Waals surface area contributed by atoms with Crippen LogP contribution in [0.3, 0.4) is 0 Å². The SMILES string of the molecule is c1ccc([N+]2=Nc3ccc4cc3S[C@]23Sc2c(cccc2N=[N+]3c2ccccc2)C4)cc1. The molecule has 0 aromatic heterocycles. The molecule has 4 bridgehead atoms. The molecule has 0 unspecified atom stereocenters. The number of thioether (sulfide) groups is 2. The highest BCUT2D eigenvalue weighted by Gasteiger charge is 2.65. The lowest BCUT2D eigenvalue weighted by Gasteiger charge is -2.27. The molecular formula is C26H18N4S2+2. The van der Waals surface area contributed by atoms with E-state index in [1.807, 2.05) is 35.7 Å². The van der Waals surface area contributed by atoms with E-state index in [1.165, 1.54) is 20.9 Å². The number of rotatable bonds is 2. The standard InChI is InChI=1S/C26H18N4S2/c1-3-9-20(10-4-1)29-26-30(21-11-5-2-6-12-21)28-23-13-7-8-19(25(23)32-26)16-18-14-15-22(27-29)24(17-18)31-26/h1-15,17H,16H2/q+2/t26-/m0/s1. The van der Waals surface area contributed by atoms with E-state index in [4.69, 9.17) is 10.2 Å². The van der Waals surface area contributed by atoms with Crippen LogP contribution in [-0.2, 0) is 6.42 Å². The summed E-state index contributed by atoms with van der Waals surface area (Å²) in [7, 11) is 0. The highest BCUT2D eigenvalue weighted by molar-refractivity contribution is 8.17. The summed E-state index contributed by atoms with van der Waals surface area (Å²) in [5.74, 6) is 0. The van der Waals surface area contributed by atoms with E-state index in [0.717, 1.165) is 29.2 Å². The Hall–Kier alpha value is -3.22. The number of azo groups is 4. The van der Waals surface area contributed by atoms with Crippen LogP contribution in [0, 0.1) is 0 Å². The quantitative estimate of drug-likeness (QED) is 0.290. The van der Waals surface area contributed by atoms with Gasteiger partial charge in [0.2, 0.25) is 11.4 Å². The maximum Gasteiger partial charge on any atom is 0.516 e. The van der Waals surface area contributed by atoms with Crippen molar-refractivity contribution in [3.63, 3.8) is 0 Å². The van der Waals surface area contributed by atoms with Crippen molar-refractivity contribution in [2.75, 3.05) is 0 Å². The number of fused-ring (bicyclic) bond motifs is 1. The van der Waals surface area contributed by atoms with Gasteiger partial charge in [-0.15, -0.1) is 0 Å². The van der Waals surface area contributed by atoms with Crippen molar-refractivity contribution in [2.45, 2.75) is 20.5 Å². The highest BCUT2D eigenvalue weighted by Crippen LogP contribution is 2.61. The molecule has 6 heteroatoms. The maximum atomic E-state index is 5.23. The van der Waals surface area contributed by atoms with Gasteiger partial charge < -0.3 is 0 Å². The summed E-state index contributed by atoms with van der Waals surface area (Å²) in [5.41, 5.74) is 6.71. The van der Waals surface area contributed by atoms with Crippen molar-refractivity contribution >= 4 is 46.3 Å². The van der Waals surface area contributed by atoms with Crippen LogP contribution < -0.4 is 0 Å². The van der Waals surface area contributed by atoms with E-state index in [9.17, 15) is 0 Å². The second-order valence-electron chi connectivity index (χ2n) is 7.99. The second-order valence-corrected chi connectivity index (χ2v) is 10.6. The molecule has 3 aliphatic heterocycles. The summed E-state index contributed by atoms with van der Waals surface area (Å²) in [6.07, 6.45) is 0.895. The lowest BCUT2D eigenvalue weighted by atomic mass is 10.0. The fourth-order valence-corrected chi connectivity index (χ4v) is 7.52. The molecule has 0 saturated heterocycles. The predicted molar refractivity (Wildman–Crippen MR) is 127 cm³/mol. The lowest BCUT2D eigenvalue weighted by Crippen LogP contribution is -2.43. The van der Waals surface area contributed by atoms with E-state index in [-0.39, 0.29) is 0 Å². The van der Waals surface area contributed by atoms with Crippen molar-refractivity contribution in [3.8, 4) is 0 Å². The van der Waals surface area contributed by atoms with Crippen LogP contribution in [0.4, 0.5) is 22.7 Å². The van der Waals surface area contributed by atoms with Gasteiger partial charge in [-0.05, 0) is 35.7 Å².